The summed E-state index contributed by atoms with van der Waals surface area (Å²) in [7, 11) is 0. The SMILES string of the molecule is CC(CN1CCCNC(C)(C2CC2)C1)c1ccccc1. The molecule has 0 radical (unpaired) electrons. The summed E-state index contributed by atoms with van der Waals surface area (Å²) in [5, 5.41) is 3.82. The van der Waals surface area contributed by atoms with Crippen molar-refractivity contribution >= 4 is 0 Å². The molecule has 2 fully saturated rings. The monoisotopic (exact) mass is 272 g/mol. The van der Waals surface area contributed by atoms with Gasteiger partial charge in [0.1, 0.15) is 0 Å². The van der Waals surface area contributed by atoms with Crippen LogP contribution in [0.4, 0.5) is 0 Å². The summed E-state index contributed by atoms with van der Waals surface area (Å²) in [6.45, 7) is 9.64. The minimum absolute atomic E-state index is 0.354. The molecule has 0 amide bonds. The van der Waals surface area contributed by atoms with Gasteiger partial charge in [0.2, 0.25) is 0 Å². The molecule has 0 bridgehead atoms. The van der Waals surface area contributed by atoms with E-state index < -0.39 is 0 Å². The van der Waals surface area contributed by atoms with Crippen LogP contribution in [0.2, 0.25) is 0 Å². The number of hydrogen-bond acceptors (Lipinski definition) is 2. The number of hydrogen-bond donors (Lipinski definition) is 1. The predicted octanol–water partition coefficient (Wildman–Crippen LogP) is 3.25. The van der Waals surface area contributed by atoms with Crippen LogP contribution in [0, 0.1) is 5.92 Å². The molecule has 1 aromatic carbocycles. The van der Waals surface area contributed by atoms with Gasteiger partial charge in [-0.05, 0) is 56.7 Å². The molecule has 3 rings (SSSR count). The van der Waals surface area contributed by atoms with Crippen LogP contribution in [0.15, 0.2) is 30.3 Å². The van der Waals surface area contributed by atoms with Crippen LogP contribution in [-0.2, 0) is 0 Å². The van der Waals surface area contributed by atoms with Crippen LogP contribution < -0.4 is 5.32 Å². The standard InChI is InChI=1S/C18H28N2/c1-15(16-7-4-3-5-8-16)13-20-12-6-11-19-18(2,14-20)17-9-10-17/h3-5,7-8,15,17,19H,6,9-14H2,1-2H3. The quantitative estimate of drug-likeness (QED) is 0.905. The zero-order valence-corrected chi connectivity index (χ0v) is 12.9. The van der Waals surface area contributed by atoms with Crippen molar-refractivity contribution in [3.8, 4) is 0 Å². The van der Waals surface area contributed by atoms with Crippen molar-refractivity contribution in [3.63, 3.8) is 0 Å². The molecule has 0 aromatic heterocycles. The first-order valence-corrected chi connectivity index (χ1v) is 8.20. The van der Waals surface area contributed by atoms with Crippen LogP contribution in [-0.4, -0.2) is 36.6 Å². The van der Waals surface area contributed by atoms with Gasteiger partial charge in [0.15, 0.2) is 0 Å². The van der Waals surface area contributed by atoms with Gasteiger partial charge in [0.25, 0.3) is 0 Å². The smallest absolute Gasteiger partial charge is 0.0308 e. The molecule has 20 heavy (non-hydrogen) atoms. The van der Waals surface area contributed by atoms with Gasteiger partial charge in [-0.15, -0.1) is 0 Å². The fourth-order valence-corrected chi connectivity index (χ4v) is 3.70. The average molecular weight is 272 g/mol. The third-order valence-electron chi connectivity index (χ3n) is 5.11. The summed E-state index contributed by atoms with van der Waals surface area (Å²) in [4.78, 5) is 2.69. The third kappa shape index (κ3) is 3.24. The van der Waals surface area contributed by atoms with E-state index in [0.717, 1.165) is 5.92 Å². The first-order valence-electron chi connectivity index (χ1n) is 8.20. The van der Waals surface area contributed by atoms with Crippen molar-refractivity contribution in [2.75, 3.05) is 26.2 Å². The molecule has 1 heterocycles. The van der Waals surface area contributed by atoms with Gasteiger partial charge in [-0.1, -0.05) is 37.3 Å². The van der Waals surface area contributed by atoms with E-state index in [9.17, 15) is 0 Å². The second-order valence-corrected chi connectivity index (χ2v) is 7.02. The van der Waals surface area contributed by atoms with E-state index in [0.29, 0.717) is 11.5 Å². The second-order valence-electron chi connectivity index (χ2n) is 7.02. The lowest BCUT2D eigenvalue weighted by atomic mass is 9.94. The molecule has 1 aliphatic heterocycles. The number of benzene rings is 1. The molecule has 1 aliphatic carbocycles. The Bertz CT molecular complexity index is 426. The highest BCUT2D eigenvalue weighted by atomic mass is 15.2. The van der Waals surface area contributed by atoms with E-state index in [4.69, 9.17) is 0 Å². The zero-order valence-electron chi connectivity index (χ0n) is 12.9. The van der Waals surface area contributed by atoms with Crippen LogP contribution in [0.3, 0.4) is 0 Å². The fraction of sp³-hybridized carbons (Fsp3) is 0.667. The Kier molecular flexibility index (Phi) is 4.13. The summed E-state index contributed by atoms with van der Waals surface area (Å²) < 4.78 is 0. The van der Waals surface area contributed by atoms with Crippen molar-refractivity contribution in [1.29, 1.82) is 0 Å². The number of rotatable bonds is 4. The molecule has 1 N–H and O–H groups in total. The fourth-order valence-electron chi connectivity index (χ4n) is 3.70. The molecule has 2 unspecified atom stereocenters. The zero-order chi connectivity index (χ0) is 14.0. The van der Waals surface area contributed by atoms with Crippen molar-refractivity contribution in [2.45, 2.75) is 44.6 Å². The van der Waals surface area contributed by atoms with E-state index in [2.05, 4.69) is 54.4 Å². The van der Waals surface area contributed by atoms with Crippen molar-refractivity contribution in [3.05, 3.63) is 35.9 Å². The molecule has 2 heteroatoms. The van der Waals surface area contributed by atoms with Gasteiger partial charge < -0.3 is 10.2 Å². The third-order valence-corrected chi connectivity index (χ3v) is 5.11. The first-order chi connectivity index (χ1) is 9.67. The van der Waals surface area contributed by atoms with Gasteiger partial charge >= 0.3 is 0 Å². The van der Waals surface area contributed by atoms with Gasteiger partial charge in [0.05, 0.1) is 0 Å². The van der Waals surface area contributed by atoms with E-state index in [-0.39, 0.29) is 0 Å². The molecule has 2 nitrogen and oxygen atoms in total. The summed E-state index contributed by atoms with van der Waals surface area (Å²) >= 11 is 0. The molecule has 1 saturated carbocycles. The predicted molar refractivity (Wildman–Crippen MR) is 85.0 cm³/mol. The summed E-state index contributed by atoms with van der Waals surface area (Å²) in [5.74, 6) is 1.54. The largest absolute Gasteiger partial charge is 0.310 e. The van der Waals surface area contributed by atoms with E-state index >= 15 is 0 Å². The molecule has 2 atom stereocenters. The molecule has 2 aliphatic rings. The lowest BCUT2D eigenvalue weighted by Gasteiger charge is -2.35. The first kappa shape index (κ1) is 14.1. The average Bonchev–Trinajstić information content (AvgIpc) is 3.28. The van der Waals surface area contributed by atoms with Gasteiger partial charge in [-0.3, -0.25) is 0 Å². The lowest BCUT2D eigenvalue weighted by molar-refractivity contribution is 0.194. The highest BCUT2D eigenvalue weighted by Gasteiger charge is 2.42. The Balaban J connectivity index is 1.63. The van der Waals surface area contributed by atoms with Gasteiger partial charge in [-0.2, -0.15) is 0 Å². The topological polar surface area (TPSA) is 15.3 Å². The molecule has 110 valence electrons. The summed E-state index contributed by atoms with van der Waals surface area (Å²) in [6, 6.07) is 11.0. The van der Waals surface area contributed by atoms with Crippen LogP contribution in [0.25, 0.3) is 0 Å². The highest BCUT2D eigenvalue weighted by molar-refractivity contribution is 5.19. The van der Waals surface area contributed by atoms with Crippen LogP contribution >= 0.6 is 0 Å². The summed E-state index contributed by atoms with van der Waals surface area (Å²) in [5.41, 5.74) is 1.82. The Morgan fingerprint density at radius 3 is 2.75 bits per heavy atom. The Hall–Kier alpha value is -0.860. The normalized spacial score (nSPS) is 29.9. The molecule has 1 aromatic rings. The van der Waals surface area contributed by atoms with Crippen LogP contribution in [0.1, 0.15) is 44.6 Å². The van der Waals surface area contributed by atoms with Gasteiger partial charge in [0, 0.05) is 18.6 Å². The van der Waals surface area contributed by atoms with Crippen molar-refractivity contribution < 1.29 is 0 Å². The molecule has 1 saturated heterocycles. The van der Waals surface area contributed by atoms with E-state index in [1.54, 1.807) is 0 Å². The maximum atomic E-state index is 3.82. The minimum Gasteiger partial charge on any atom is -0.310 e. The molecular weight excluding hydrogens is 244 g/mol. The summed E-state index contributed by atoms with van der Waals surface area (Å²) in [6.07, 6.45) is 4.13. The number of nitrogens with zero attached hydrogens (tertiary/aromatic N) is 1. The Labute approximate surface area is 123 Å². The minimum atomic E-state index is 0.354. The van der Waals surface area contributed by atoms with E-state index in [1.807, 2.05) is 0 Å². The van der Waals surface area contributed by atoms with Crippen molar-refractivity contribution in [2.24, 2.45) is 5.92 Å². The lowest BCUT2D eigenvalue weighted by Crippen LogP contribution is -2.51. The Morgan fingerprint density at radius 2 is 2.05 bits per heavy atom. The van der Waals surface area contributed by atoms with Gasteiger partial charge in [-0.25, -0.2) is 0 Å². The molecular formula is C18H28N2. The maximum Gasteiger partial charge on any atom is 0.0308 e. The second kappa shape index (κ2) is 5.87. The van der Waals surface area contributed by atoms with E-state index in [1.165, 1.54) is 51.0 Å². The van der Waals surface area contributed by atoms with Crippen LogP contribution in [0.5, 0.6) is 0 Å². The highest BCUT2D eigenvalue weighted by Crippen LogP contribution is 2.40. The van der Waals surface area contributed by atoms with Crippen molar-refractivity contribution in [1.82, 2.24) is 10.2 Å². The maximum absolute atomic E-state index is 3.82. The Morgan fingerprint density at radius 1 is 1.30 bits per heavy atom. The number of nitrogens with one attached hydrogen (secondary N) is 1. The molecule has 0 spiro atoms.